The second-order valence-corrected chi connectivity index (χ2v) is 7.48. The molecule has 1 amide bonds. The molecule has 138 valence electrons. The van der Waals surface area contributed by atoms with Gasteiger partial charge in [0.2, 0.25) is 5.82 Å². The lowest BCUT2D eigenvalue weighted by Crippen LogP contribution is -2.48. The average Bonchev–Trinajstić information content (AvgIpc) is 2.95. The molecule has 1 aliphatic rings. The van der Waals surface area contributed by atoms with Crippen LogP contribution in [0.2, 0.25) is 10.0 Å². The minimum absolute atomic E-state index is 0.00637. The van der Waals surface area contributed by atoms with Crippen LogP contribution in [0.3, 0.4) is 0 Å². The molecule has 0 bridgehead atoms. The zero-order chi connectivity index (χ0) is 19.1. The largest absolute Gasteiger partial charge is 0.481 e. The molecule has 3 rings (SSSR count). The lowest BCUT2D eigenvalue weighted by molar-refractivity contribution is -0.150. The minimum atomic E-state index is -0.961. The molecule has 1 aliphatic heterocycles. The predicted molar refractivity (Wildman–Crippen MR) is 97.0 cm³/mol. The fourth-order valence-electron chi connectivity index (χ4n) is 3.11. The van der Waals surface area contributed by atoms with E-state index in [0.717, 1.165) is 0 Å². The van der Waals surface area contributed by atoms with E-state index in [9.17, 15) is 14.7 Å². The first-order chi connectivity index (χ1) is 12.2. The number of nitrogens with zero attached hydrogens (tertiary/aromatic N) is 4. The van der Waals surface area contributed by atoms with Gasteiger partial charge in [-0.25, -0.2) is 9.67 Å². The number of likely N-dealkylation sites (tertiary alicyclic amines) is 1. The van der Waals surface area contributed by atoms with Crippen molar-refractivity contribution >= 4 is 35.1 Å². The first-order valence-corrected chi connectivity index (χ1v) is 8.89. The molecule has 0 radical (unpaired) electrons. The van der Waals surface area contributed by atoms with Gasteiger partial charge in [-0.3, -0.25) is 9.59 Å². The molecule has 1 aromatic carbocycles. The Labute approximate surface area is 160 Å². The van der Waals surface area contributed by atoms with E-state index >= 15 is 0 Å². The normalized spacial score (nSPS) is 20.2. The fourth-order valence-corrected chi connectivity index (χ4v) is 3.67. The Kier molecular flexibility index (Phi) is 4.94. The van der Waals surface area contributed by atoms with Gasteiger partial charge in [0.05, 0.1) is 15.5 Å². The standard InChI is InChI=1S/C17H18Cl2N4O3/c1-10-20-14(21-23(10)13-11(18)5-3-6-12(13)19)15(24)22-8-4-7-17(2,9-22)16(25)26/h3,5-6H,4,7-9H2,1-2H3,(H,25,26). The SMILES string of the molecule is Cc1nc(C(=O)N2CCCC(C)(C(=O)O)C2)nn1-c1c(Cl)cccc1Cl. The highest BCUT2D eigenvalue weighted by Crippen LogP contribution is 2.31. The molecule has 7 nitrogen and oxygen atoms in total. The van der Waals surface area contributed by atoms with Crippen LogP contribution in [-0.2, 0) is 4.79 Å². The van der Waals surface area contributed by atoms with E-state index < -0.39 is 17.3 Å². The molecule has 1 N–H and O–H groups in total. The van der Waals surface area contributed by atoms with E-state index in [1.807, 2.05) is 0 Å². The van der Waals surface area contributed by atoms with Gasteiger partial charge in [-0.1, -0.05) is 29.3 Å². The fraction of sp³-hybridized carbons (Fsp3) is 0.412. The van der Waals surface area contributed by atoms with E-state index in [4.69, 9.17) is 23.2 Å². The highest BCUT2D eigenvalue weighted by atomic mass is 35.5. The second kappa shape index (κ2) is 6.89. The number of carboxylic acid groups (broad SMARTS) is 1. The zero-order valence-electron chi connectivity index (χ0n) is 14.4. The summed E-state index contributed by atoms with van der Waals surface area (Å²) >= 11 is 12.4. The third kappa shape index (κ3) is 3.29. The number of aromatic nitrogens is 3. The van der Waals surface area contributed by atoms with E-state index in [2.05, 4.69) is 10.1 Å². The van der Waals surface area contributed by atoms with Crippen LogP contribution < -0.4 is 0 Å². The summed E-state index contributed by atoms with van der Waals surface area (Å²) in [4.78, 5) is 30.0. The number of amides is 1. The minimum Gasteiger partial charge on any atom is -0.481 e. The van der Waals surface area contributed by atoms with Crippen molar-refractivity contribution in [3.8, 4) is 5.69 Å². The number of aryl methyl sites for hydroxylation is 1. The van der Waals surface area contributed by atoms with Crippen LogP contribution in [0.5, 0.6) is 0 Å². The summed E-state index contributed by atoms with van der Waals surface area (Å²) in [5, 5.41) is 14.5. The van der Waals surface area contributed by atoms with Crippen LogP contribution >= 0.6 is 23.2 Å². The number of benzene rings is 1. The Morgan fingerprint density at radius 3 is 2.54 bits per heavy atom. The summed E-state index contributed by atoms with van der Waals surface area (Å²) in [5.74, 6) is -0.857. The number of hydrogen-bond acceptors (Lipinski definition) is 4. The summed E-state index contributed by atoms with van der Waals surface area (Å²) in [6.07, 6.45) is 1.15. The van der Waals surface area contributed by atoms with Gasteiger partial charge in [0.15, 0.2) is 0 Å². The maximum atomic E-state index is 12.8. The molecule has 2 heterocycles. The molecule has 0 aliphatic carbocycles. The molecule has 2 aromatic rings. The van der Waals surface area contributed by atoms with E-state index in [1.54, 1.807) is 32.0 Å². The molecule has 0 spiro atoms. The molecule has 26 heavy (non-hydrogen) atoms. The van der Waals surface area contributed by atoms with Gasteiger partial charge in [0.1, 0.15) is 11.5 Å². The lowest BCUT2D eigenvalue weighted by Gasteiger charge is -2.36. The van der Waals surface area contributed by atoms with E-state index in [-0.39, 0.29) is 12.4 Å². The van der Waals surface area contributed by atoms with Crippen LogP contribution in [-0.4, -0.2) is 49.7 Å². The van der Waals surface area contributed by atoms with Crippen LogP contribution in [0.1, 0.15) is 36.2 Å². The molecule has 1 atom stereocenters. The third-order valence-electron chi connectivity index (χ3n) is 4.61. The van der Waals surface area contributed by atoms with Gasteiger partial charge >= 0.3 is 5.97 Å². The van der Waals surface area contributed by atoms with Gasteiger partial charge < -0.3 is 10.0 Å². The number of carbonyl (C=O) groups is 2. The Bertz CT molecular complexity index is 863. The number of piperidine rings is 1. The molecule has 0 saturated carbocycles. The molecule has 1 saturated heterocycles. The third-order valence-corrected chi connectivity index (χ3v) is 5.22. The van der Waals surface area contributed by atoms with Crippen molar-refractivity contribution in [2.24, 2.45) is 5.41 Å². The summed E-state index contributed by atoms with van der Waals surface area (Å²) in [6, 6.07) is 5.07. The second-order valence-electron chi connectivity index (χ2n) is 6.66. The molecular weight excluding hydrogens is 379 g/mol. The number of hydrogen-bond donors (Lipinski definition) is 1. The van der Waals surface area contributed by atoms with Crippen molar-refractivity contribution in [2.75, 3.05) is 13.1 Å². The molecule has 1 aromatic heterocycles. The molecular formula is C17H18Cl2N4O3. The van der Waals surface area contributed by atoms with Gasteiger partial charge in [-0.15, -0.1) is 5.10 Å². The topological polar surface area (TPSA) is 88.3 Å². The maximum absolute atomic E-state index is 12.8. The zero-order valence-corrected chi connectivity index (χ0v) is 15.9. The number of aliphatic carboxylic acids is 1. The molecule has 1 fully saturated rings. The van der Waals surface area contributed by atoms with Crippen LogP contribution in [0.25, 0.3) is 5.69 Å². The summed E-state index contributed by atoms with van der Waals surface area (Å²) in [6.45, 7) is 3.94. The van der Waals surface area contributed by atoms with E-state index in [1.165, 1.54) is 9.58 Å². The smallest absolute Gasteiger partial charge is 0.311 e. The molecule has 9 heteroatoms. The van der Waals surface area contributed by atoms with Crippen molar-refractivity contribution in [1.82, 2.24) is 19.7 Å². The van der Waals surface area contributed by atoms with Crippen LogP contribution in [0.15, 0.2) is 18.2 Å². The molecule has 1 unspecified atom stereocenters. The van der Waals surface area contributed by atoms with Crippen LogP contribution in [0.4, 0.5) is 0 Å². The summed E-state index contributed by atoms with van der Waals surface area (Å²) in [7, 11) is 0. The van der Waals surface area contributed by atoms with Gasteiger partial charge in [0, 0.05) is 13.1 Å². The van der Waals surface area contributed by atoms with Gasteiger partial charge in [-0.05, 0) is 38.8 Å². The van der Waals surface area contributed by atoms with Crippen molar-refractivity contribution in [1.29, 1.82) is 0 Å². The van der Waals surface area contributed by atoms with Crippen molar-refractivity contribution in [3.63, 3.8) is 0 Å². The Morgan fingerprint density at radius 2 is 1.92 bits per heavy atom. The van der Waals surface area contributed by atoms with Crippen molar-refractivity contribution in [3.05, 3.63) is 39.9 Å². The number of rotatable bonds is 3. The van der Waals surface area contributed by atoms with Gasteiger partial charge in [0.25, 0.3) is 5.91 Å². The monoisotopic (exact) mass is 396 g/mol. The van der Waals surface area contributed by atoms with Crippen LogP contribution in [0, 0.1) is 12.3 Å². The highest BCUT2D eigenvalue weighted by molar-refractivity contribution is 6.37. The van der Waals surface area contributed by atoms with Crippen molar-refractivity contribution < 1.29 is 14.7 Å². The summed E-state index contributed by atoms with van der Waals surface area (Å²) in [5.41, 5.74) is -0.508. The van der Waals surface area contributed by atoms with E-state index in [0.29, 0.717) is 40.9 Å². The van der Waals surface area contributed by atoms with Gasteiger partial charge in [-0.2, -0.15) is 0 Å². The number of para-hydroxylation sites is 1. The quantitative estimate of drug-likeness (QED) is 0.859. The first-order valence-electron chi connectivity index (χ1n) is 8.14. The highest BCUT2D eigenvalue weighted by Gasteiger charge is 2.40. The Balaban J connectivity index is 1.92. The average molecular weight is 397 g/mol. The first kappa shape index (κ1) is 18.7. The maximum Gasteiger partial charge on any atom is 0.311 e. The number of carbonyl (C=O) groups excluding carboxylic acids is 1. The lowest BCUT2D eigenvalue weighted by atomic mass is 9.82. The Morgan fingerprint density at radius 1 is 1.27 bits per heavy atom. The van der Waals surface area contributed by atoms with Crippen molar-refractivity contribution in [2.45, 2.75) is 26.7 Å². The predicted octanol–water partition coefficient (Wildman–Crippen LogP) is 3.21. The Hall–Kier alpha value is -2.12. The number of halogens is 2. The number of carboxylic acids is 1. The summed E-state index contributed by atoms with van der Waals surface area (Å²) < 4.78 is 1.43.